The summed E-state index contributed by atoms with van der Waals surface area (Å²) >= 11 is 2.69. The minimum atomic E-state index is -1.04. The number of carbonyl (C=O) groups excluding carboxylic acids is 2. The van der Waals surface area contributed by atoms with Crippen molar-refractivity contribution in [1.82, 2.24) is 19.6 Å². The number of hydrogen-bond donors (Lipinski definition) is 1. The van der Waals surface area contributed by atoms with E-state index in [0.717, 1.165) is 11.1 Å². The zero-order valence-corrected chi connectivity index (χ0v) is 27.1. The summed E-state index contributed by atoms with van der Waals surface area (Å²) in [6.45, 7) is 9.89. The number of Topliss-reactive ketones (excluding diaryl/α,β-unsaturated/α-hetero) is 1. The van der Waals surface area contributed by atoms with Gasteiger partial charge in [0.15, 0.2) is 21.6 Å². The number of ketones is 1. The van der Waals surface area contributed by atoms with Gasteiger partial charge in [-0.2, -0.15) is 0 Å². The van der Waals surface area contributed by atoms with Gasteiger partial charge >= 0.3 is 5.91 Å². The molecule has 46 heavy (non-hydrogen) atoms. The van der Waals surface area contributed by atoms with Crippen molar-refractivity contribution in [3.63, 3.8) is 0 Å². The lowest BCUT2D eigenvalue weighted by molar-refractivity contribution is -0.132. The van der Waals surface area contributed by atoms with Gasteiger partial charge < -0.3 is 19.0 Å². The molecule has 0 spiro atoms. The van der Waals surface area contributed by atoms with Crippen LogP contribution < -0.4 is 14.4 Å². The number of nitrogens with zero attached hydrogens (tertiary/aromatic N) is 5. The molecule has 1 aliphatic rings. The Balaban J connectivity index is 1.48. The number of aliphatic hydroxyl groups excluding tert-OH is 1. The van der Waals surface area contributed by atoms with Gasteiger partial charge in [0.05, 0.1) is 23.9 Å². The SMILES string of the molecule is C=CCOc1ccc(C2/C(=C(\O)c3nc4c(C)cccn4c3C)C(=O)C(=O)N2c2nnc(SCc3ccccc3)s2)cc1OCC. The number of fused-ring (bicyclic) bond motifs is 1. The van der Waals surface area contributed by atoms with Crippen molar-refractivity contribution in [1.29, 1.82) is 0 Å². The smallest absolute Gasteiger partial charge is 0.301 e. The molecule has 1 fully saturated rings. The second-order valence-corrected chi connectivity index (χ2v) is 12.6. The number of thioether (sulfide) groups is 1. The summed E-state index contributed by atoms with van der Waals surface area (Å²) in [6.07, 6.45) is 3.46. The highest BCUT2D eigenvalue weighted by Crippen LogP contribution is 2.46. The van der Waals surface area contributed by atoms with Crippen LogP contribution in [0.25, 0.3) is 11.4 Å². The summed E-state index contributed by atoms with van der Waals surface area (Å²) in [6, 6.07) is 17.9. The minimum absolute atomic E-state index is 0.106. The maximum atomic E-state index is 13.9. The molecule has 1 N–H and O–H groups in total. The van der Waals surface area contributed by atoms with Gasteiger partial charge in [0.1, 0.15) is 17.9 Å². The van der Waals surface area contributed by atoms with Gasteiger partial charge in [-0.25, -0.2) is 4.98 Å². The van der Waals surface area contributed by atoms with Crippen molar-refractivity contribution in [3.05, 3.63) is 113 Å². The Morgan fingerprint density at radius 3 is 2.61 bits per heavy atom. The standard InChI is InChI=1S/C34H31N5O5S2/c1-5-17-44-24-15-14-23(18-25(24)43-6-2)28-26(29(40)27-21(4)38-16-10-11-20(3)31(38)35-27)30(41)32(42)39(28)33-36-37-34(46-33)45-19-22-12-8-7-9-13-22/h5,7-16,18,28,40H,1,6,17,19H2,2-4H3/b29-26+. The first-order valence-electron chi connectivity index (χ1n) is 14.6. The number of carbonyl (C=O) groups is 2. The topological polar surface area (TPSA) is 119 Å². The second kappa shape index (κ2) is 13.2. The molecule has 1 unspecified atom stereocenters. The highest BCUT2D eigenvalue weighted by Gasteiger charge is 2.49. The van der Waals surface area contributed by atoms with Crippen LogP contribution in [0.1, 0.15) is 41.0 Å². The molecule has 1 atom stereocenters. The fourth-order valence-corrected chi connectivity index (χ4v) is 7.15. The number of benzene rings is 2. The summed E-state index contributed by atoms with van der Waals surface area (Å²) in [7, 11) is 0. The normalized spacial score (nSPS) is 15.9. The zero-order valence-electron chi connectivity index (χ0n) is 25.5. The van der Waals surface area contributed by atoms with Crippen LogP contribution in [0.15, 0.2) is 89.4 Å². The molecule has 0 radical (unpaired) electrons. The summed E-state index contributed by atoms with van der Waals surface area (Å²) in [5.74, 6) is -0.500. The molecule has 2 aromatic carbocycles. The summed E-state index contributed by atoms with van der Waals surface area (Å²) in [5, 5.41) is 20.7. The highest BCUT2D eigenvalue weighted by molar-refractivity contribution is 8.00. The maximum Gasteiger partial charge on any atom is 0.301 e. The van der Waals surface area contributed by atoms with Crippen molar-refractivity contribution >= 4 is 51.3 Å². The quantitative estimate of drug-likeness (QED) is 0.0416. The maximum absolute atomic E-state index is 13.9. The lowest BCUT2D eigenvalue weighted by atomic mass is 9.96. The van der Waals surface area contributed by atoms with Crippen molar-refractivity contribution in [2.75, 3.05) is 18.1 Å². The molecule has 4 heterocycles. The first kappa shape index (κ1) is 31.1. The van der Waals surface area contributed by atoms with E-state index in [1.165, 1.54) is 28.0 Å². The van der Waals surface area contributed by atoms with Gasteiger partial charge in [-0.1, -0.05) is 78.2 Å². The second-order valence-electron chi connectivity index (χ2n) is 10.5. The van der Waals surface area contributed by atoms with E-state index < -0.39 is 17.7 Å². The van der Waals surface area contributed by atoms with Gasteiger partial charge in [-0.05, 0) is 55.7 Å². The molecule has 1 aliphatic heterocycles. The number of pyridine rings is 1. The molecule has 5 aromatic rings. The van der Waals surface area contributed by atoms with E-state index in [9.17, 15) is 14.7 Å². The predicted octanol–water partition coefficient (Wildman–Crippen LogP) is 6.68. The van der Waals surface area contributed by atoms with Crippen molar-refractivity contribution in [2.24, 2.45) is 0 Å². The number of ether oxygens (including phenoxy) is 2. The highest BCUT2D eigenvalue weighted by atomic mass is 32.2. The fraction of sp³-hybridized carbons (Fsp3) is 0.206. The minimum Gasteiger partial charge on any atom is -0.505 e. The largest absolute Gasteiger partial charge is 0.505 e. The van der Waals surface area contributed by atoms with Crippen LogP contribution in [0.5, 0.6) is 11.5 Å². The molecule has 3 aromatic heterocycles. The van der Waals surface area contributed by atoms with E-state index in [4.69, 9.17) is 9.47 Å². The molecule has 0 bridgehead atoms. The van der Waals surface area contributed by atoms with E-state index in [1.807, 2.05) is 66.9 Å². The fourth-order valence-electron chi connectivity index (χ4n) is 5.33. The van der Waals surface area contributed by atoms with Crippen LogP contribution in [-0.4, -0.2) is 49.6 Å². The lowest BCUT2D eigenvalue weighted by Crippen LogP contribution is -2.29. The van der Waals surface area contributed by atoms with E-state index >= 15 is 0 Å². The number of anilines is 1. The van der Waals surface area contributed by atoms with Crippen LogP contribution in [-0.2, 0) is 15.3 Å². The number of hydrogen-bond acceptors (Lipinski definition) is 10. The Morgan fingerprint density at radius 2 is 1.87 bits per heavy atom. The predicted molar refractivity (Wildman–Crippen MR) is 179 cm³/mol. The van der Waals surface area contributed by atoms with Gasteiger partial charge in [-0.15, -0.1) is 10.2 Å². The van der Waals surface area contributed by atoms with E-state index in [2.05, 4.69) is 21.8 Å². The molecule has 0 aliphatic carbocycles. The van der Waals surface area contributed by atoms with Crippen LogP contribution >= 0.6 is 23.1 Å². The Kier molecular flexibility index (Phi) is 8.91. The molecule has 10 nitrogen and oxygen atoms in total. The number of aromatic nitrogens is 4. The molecule has 6 rings (SSSR count). The summed E-state index contributed by atoms with van der Waals surface area (Å²) in [4.78, 5) is 33.7. The Morgan fingerprint density at radius 1 is 1.07 bits per heavy atom. The number of aliphatic hydroxyl groups is 1. The van der Waals surface area contributed by atoms with Crippen LogP contribution in [0.2, 0.25) is 0 Å². The summed E-state index contributed by atoms with van der Waals surface area (Å²) < 4.78 is 14.2. The van der Waals surface area contributed by atoms with Gasteiger partial charge in [0.2, 0.25) is 5.13 Å². The molecule has 12 heteroatoms. The molecular weight excluding hydrogens is 623 g/mol. The van der Waals surface area contributed by atoms with Crippen LogP contribution in [0, 0.1) is 13.8 Å². The first-order chi connectivity index (χ1) is 22.3. The average Bonchev–Trinajstić information content (AvgIpc) is 3.74. The van der Waals surface area contributed by atoms with Crippen molar-refractivity contribution < 1.29 is 24.2 Å². The van der Waals surface area contributed by atoms with E-state index in [-0.39, 0.29) is 28.8 Å². The molecule has 234 valence electrons. The monoisotopic (exact) mass is 653 g/mol. The van der Waals surface area contributed by atoms with E-state index in [0.29, 0.717) is 45.1 Å². The van der Waals surface area contributed by atoms with Crippen molar-refractivity contribution in [3.8, 4) is 11.5 Å². The Hall–Kier alpha value is -4.94. The number of imidazole rings is 1. The van der Waals surface area contributed by atoms with Gasteiger partial charge in [0, 0.05) is 11.9 Å². The van der Waals surface area contributed by atoms with Gasteiger partial charge in [0.25, 0.3) is 5.78 Å². The third kappa shape index (κ3) is 5.77. The molecule has 1 amide bonds. The van der Waals surface area contributed by atoms with Gasteiger partial charge in [-0.3, -0.25) is 14.5 Å². The van der Waals surface area contributed by atoms with Crippen molar-refractivity contribution in [2.45, 2.75) is 36.9 Å². The van der Waals surface area contributed by atoms with Crippen LogP contribution in [0.3, 0.4) is 0 Å². The Labute approximate surface area is 274 Å². The molecule has 0 saturated carbocycles. The lowest BCUT2D eigenvalue weighted by Gasteiger charge is -2.23. The third-order valence-corrected chi connectivity index (χ3v) is 9.63. The zero-order chi connectivity index (χ0) is 32.4. The van der Waals surface area contributed by atoms with E-state index in [1.54, 1.807) is 31.2 Å². The number of aryl methyl sites for hydroxylation is 2. The van der Waals surface area contributed by atoms with Crippen LogP contribution in [0.4, 0.5) is 5.13 Å². The Bertz CT molecular complexity index is 1980. The number of rotatable bonds is 11. The first-order valence-corrected chi connectivity index (χ1v) is 16.4. The summed E-state index contributed by atoms with van der Waals surface area (Å²) in [5.41, 5.74) is 3.90. The average molecular weight is 654 g/mol. The molecule has 1 saturated heterocycles. The molecular formula is C34H31N5O5S2. The third-order valence-electron chi connectivity index (χ3n) is 7.50. The number of amides is 1.